The highest BCUT2D eigenvalue weighted by Gasteiger charge is 2.16. The zero-order valence-corrected chi connectivity index (χ0v) is 13.0. The molecule has 0 radical (unpaired) electrons. The van der Waals surface area contributed by atoms with E-state index in [1.165, 1.54) is 19.3 Å². The van der Waals surface area contributed by atoms with Crippen molar-refractivity contribution in [3.05, 3.63) is 46.2 Å². The molecule has 0 atom stereocenters. The molecule has 0 saturated carbocycles. The Hall–Kier alpha value is -1.45. The van der Waals surface area contributed by atoms with E-state index in [0.717, 1.165) is 41.1 Å². The second-order valence-corrected chi connectivity index (χ2v) is 5.82. The molecule has 0 amide bonds. The first-order valence-corrected chi connectivity index (χ1v) is 7.79. The van der Waals surface area contributed by atoms with Crippen molar-refractivity contribution >= 4 is 11.6 Å². The molecule has 110 valence electrons. The van der Waals surface area contributed by atoms with Crippen molar-refractivity contribution in [2.75, 3.05) is 7.11 Å². The minimum Gasteiger partial charge on any atom is -0.380 e. The summed E-state index contributed by atoms with van der Waals surface area (Å²) in [6, 6.07) is 8.14. The molecule has 0 N–H and O–H groups in total. The van der Waals surface area contributed by atoms with Gasteiger partial charge in [-0.2, -0.15) is 0 Å². The summed E-state index contributed by atoms with van der Waals surface area (Å²) in [5.41, 5.74) is 4.38. The lowest BCUT2D eigenvalue weighted by Crippen LogP contribution is -2.02. The predicted octanol–water partition coefficient (Wildman–Crippen LogP) is 4.21. The van der Waals surface area contributed by atoms with Crippen molar-refractivity contribution in [3.63, 3.8) is 0 Å². The number of fused-ring (bicyclic) bond motifs is 1. The third-order valence-corrected chi connectivity index (χ3v) is 4.19. The molecule has 0 bridgehead atoms. The molecule has 3 nitrogen and oxygen atoms in total. The van der Waals surface area contributed by atoms with Gasteiger partial charge in [0.2, 0.25) is 0 Å². The summed E-state index contributed by atoms with van der Waals surface area (Å²) in [6.45, 7) is 0.590. The lowest BCUT2D eigenvalue weighted by atomic mass is 10.1. The largest absolute Gasteiger partial charge is 0.380 e. The van der Waals surface area contributed by atoms with Gasteiger partial charge >= 0.3 is 0 Å². The van der Waals surface area contributed by atoms with Gasteiger partial charge in [0.05, 0.1) is 6.61 Å². The van der Waals surface area contributed by atoms with E-state index in [-0.39, 0.29) is 0 Å². The summed E-state index contributed by atoms with van der Waals surface area (Å²) in [5.74, 6) is 0.721. The normalized spacial score (nSPS) is 14.6. The van der Waals surface area contributed by atoms with Crippen LogP contribution in [0, 0.1) is 0 Å². The molecule has 3 rings (SSSR count). The van der Waals surface area contributed by atoms with Crippen LogP contribution in [0.25, 0.3) is 11.4 Å². The van der Waals surface area contributed by atoms with Crippen LogP contribution in [0.2, 0.25) is 5.15 Å². The van der Waals surface area contributed by atoms with Gasteiger partial charge in [-0.25, -0.2) is 9.97 Å². The smallest absolute Gasteiger partial charge is 0.161 e. The van der Waals surface area contributed by atoms with Gasteiger partial charge in [0.15, 0.2) is 5.82 Å². The van der Waals surface area contributed by atoms with Crippen molar-refractivity contribution in [1.29, 1.82) is 0 Å². The Morgan fingerprint density at radius 3 is 2.86 bits per heavy atom. The number of aryl methyl sites for hydroxylation is 1. The zero-order chi connectivity index (χ0) is 14.7. The summed E-state index contributed by atoms with van der Waals surface area (Å²) < 4.78 is 5.18. The van der Waals surface area contributed by atoms with Gasteiger partial charge in [-0.1, -0.05) is 36.2 Å². The fourth-order valence-corrected chi connectivity index (χ4v) is 3.10. The minimum absolute atomic E-state index is 0.590. The second kappa shape index (κ2) is 6.54. The Morgan fingerprint density at radius 2 is 2.00 bits per heavy atom. The van der Waals surface area contributed by atoms with Gasteiger partial charge in [-0.3, -0.25) is 0 Å². The van der Waals surface area contributed by atoms with E-state index in [0.29, 0.717) is 11.8 Å². The van der Waals surface area contributed by atoms with Crippen LogP contribution in [0.4, 0.5) is 0 Å². The molecule has 1 heterocycles. The Morgan fingerprint density at radius 1 is 1.14 bits per heavy atom. The van der Waals surface area contributed by atoms with Gasteiger partial charge in [-0.05, 0) is 37.3 Å². The Kier molecular flexibility index (Phi) is 4.51. The number of methoxy groups -OCH3 is 1. The van der Waals surface area contributed by atoms with Gasteiger partial charge in [0.1, 0.15) is 5.15 Å². The number of halogens is 1. The van der Waals surface area contributed by atoms with E-state index >= 15 is 0 Å². The summed E-state index contributed by atoms with van der Waals surface area (Å²) in [6.07, 6.45) is 5.61. The van der Waals surface area contributed by atoms with Crippen molar-refractivity contribution in [2.24, 2.45) is 0 Å². The molecule has 1 aromatic carbocycles. The molecule has 4 heteroatoms. The van der Waals surface area contributed by atoms with Gasteiger partial charge < -0.3 is 4.74 Å². The van der Waals surface area contributed by atoms with E-state index < -0.39 is 0 Å². The number of benzene rings is 1. The first-order valence-electron chi connectivity index (χ1n) is 7.41. The van der Waals surface area contributed by atoms with Crippen LogP contribution in [0.1, 0.15) is 36.1 Å². The average molecular weight is 303 g/mol. The van der Waals surface area contributed by atoms with Crippen LogP contribution in [-0.4, -0.2) is 17.1 Å². The first-order chi connectivity index (χ1) is 10.3. The maximum Gasteiger partial charge on any atom is 0.161 e. The van der Waals surface area contributed by atoms with E-state index in [4.69, 9.17) is 21.3 Å². The van der Waals surface area contributed by atoms with E-state index in [9.17, 15) is 0 Å². The van der Waals surface area contributed by atoms with Gasteiger partial charge in [0.25, 0.3) is 0 Å². The third-order valence-electron chi connectivity index (χ3n) is 3.88. The maximum atomic E-state index is 6.39. The van der Waals surface area contributed by atoms with Crippen molar-refractivity contribution < 1.29 is 4.74 Å². The molecule has 0 saturated heterocycles. The topological polar surface area (TPSA) is 35.0 Å². The molecule has 21 heavy (non-hydrogen) atoms. The first kappa shape index (κ1) is 14.5. The molecular formula is C17H19ClN2O. The van der Waals surface area contributed by atoms with Gasteiger partial charge in [0, 0.05) is 23.9 Å². The van der Waals surface area contributed by atoms with E-state index in [1.54, 1.807) is 7.11 Å². The standard InChI is InChI=1S/C17H19ClN2O/c1-21-11-12-6-5-7-13(10-12)17-19-15-9-4-2-3-8-14(15)16(18)20-17/h5-7,10H,2-4,8-9,11H2,1H3. The molecule has 0 spiro atoms. The molecule has 1 aliphatic carbocycles. The number of hydrogen-bond acceptors (Lipinski definition) is 3. The Bertz CT molecular complexity index is 643. The zero-order valence-electron chi connectivity index (χ0n) is 12.2. The summed E-state index contributed by atoms with van der Waals surface area (Å²) >= 11 is 6.39. The monoisotopic (exact) mass is 302 g/mol. The van der Waals surface area contributed by atoms with Crippen LogP contribution in [0.5, 0.6) is 0 Å². The molecule has 0 fully saturated rings. The van der Waals surface area contributed by atoms with E-state index in [1.807, 2.05) is 18.2 Å². The minimum atomic E-state index is 0.590. The summed E-state index contributed by atoms with van der Waals surface area (Å²) in [5, 5.41) is 0.619. The predicted molar refractivity (Wildman–Crippen MR) is 84.5 cm³/mol. The highest BCUT2D eigenvalue weighted by atomic mass is 35.5. The van der Waals surface area contributed by atoms with Crippen molar-refractivity contribution in [2.45, 2.75) is 38.7 Å². The summed E-state index contributed by atoms with van der Waals surface area (Å²) in [7, 11) is 1.70. The molecule has 1 aliphatic rings. The fraction of sp³-hybridized carbons (Fsp3) is 0.412. The molecular weight excluding hydrogens is 284 g/mol. The lowest BCUT2D eigenvalue weighted by Gasteiger charge is -2.10. The van der Waals surface area contributed by atoms with Crippen LogP contribution >= 0.6 is 11.6 Å². The van der Waals surface area contributed by atoms with Gasteiger partial charge in [-0.15, -0.1) is 0 Å². The number of rotatable bonds is 3. The number of nitrogens with zero attached hydrogens (tertiary/aromatic N) is 2. The van der Waals surface area contributed by atoms with Crippen molar-refractivity contribution in [3.8, 4) is 11.4 Å². The lowest BCUT2D eigenvalue weighted by molar-refractivity contribution is 0.185. The Balaban J connectivity index is 2.01. The molecule has 0 unspecified atom stereocenters. The fourth-order valence-electron chi connectivity index (χ4n) is 2.82. The number of aromatic nitrogens is 2. The molecule has 1 aromatic heterocycles. The summed E-state index contributed by atoms with van der Waals surface area (Å²) in [4.78, 5) is 9.28. The van der Waals surface area contributed by atoms with Crippen LogP contribution < -0.4 is 0 Å². The SMILES string of the molecule is COCc1cccc(-c2nc(Cl)c3c(n2)CCCCC3)c1. The van der Waals surface area contributed by atoms with Crippen LogP contribution in [-0.2, 0) is 24.2 Å². The Labute approximate surface area is 130 Å². The van der Waals surface area contributed by atoms with Crippen LogP contribution in [0.3, 0.4) is 0 Å². The average Bonchev–Trinajstić information content (AvgIpc) is 2.73. The highest BCUT2D eigenvalue weighted by Crippen LogP contribution is 2.28. The number of hydrogen-bond donors (Lipinski definition) is 0. The second-order valence-electron chi connectivity index (χ2n) is 5.46. The quantitative estimate of drug-likeness (QED) is 0.629. The van der Waals surface area contributed by atoms with Crippen molar-refractivity contribution in [1.82, 2.24) is 9.97 Å². The molecule has 2 aromatic rings. The van der Waals surface area contributed by atoms with Crippen LogP contribution in [0.15, 0.2) is 24.3 Å². The number of ether oxygens (including phenoxy) is 1. The highest BCUT2D eigenvalue weighted by molar-refractivity contribution is 6.30. The molecule has 0 aliphatic heterocycles. The third kappa shape index (κ3) is 3.25. The maximum absolute atomic E-state index is 6.39. The van der Waals surface area contributed by atoms with E-state index in [2.05, 4.69) is 11.1 Å².